The number of alkyl halides is 3. The molecule has 1 aromatic carbocycles. The topological polar surface area (TPSA) is 39.9 Å². The van der Waals surface area contributed by atoms with Crippen LogP contribution in [0.3, 0.4) is 0 Å². The monoisotopic (exact) mass is 257 g/mol. The van der Waals surface area contributed by atoms with Crippen LogP contribution in [0.5, 0.6) is 5.75 Å². The molecule has 0 aliphatic carbocycles. The standard InChI is InChI=1S/C11H10F3N3O/c1-8-15-7-17(16-8)6-9-2-4-10(5-3-9)18-11(12,13)14/h2-5,7H,6H2,1H3. The molecule has 2 rings (SSSR count). The second-order valence-corrected chi connectivity index (χ2v) is 3.68. The third-order valence-corrected chi connectivity index (χ3v) is 2.15. The molecule has 0 saturated carbocycles. The summed E-state index contributed by atoms with van der Waals surface area (Å²) >= 11 is 0. The molecule has 0 spiro atoms. The summed E-state index contributed by atoms with van der Waals surface area (Å²) in [5.74, 6) is 0.410. The van der Waals surface area contributed by atoms with Crippen LogP contribution in [-0.4, -0.2) is 21.1 Å². The summed E-state index contributed by atoms with van der Waals surface area (Å²) in [6.45, 7) is 2.21. The van der Waals surface area contributed by atoms with Gasteiger partial charge in [0.1, 0.15) is 17.9 Å². The van der Waals surface area contributed by atoms with Crippen molar-refractivity contribution >= 4 is 0 Å². The van der Waals surface area contributed by atoms with Gasteiger partial charge in [-0.3, -0.25) is 0 Å². The molecule has 0 fully saturated rings. The van der Waals surface area contributed by atoms with Gasteiger partial charge in [-0.2, -0.15) is 5.10 Å². The van der Waals surface area contributed by atoms with Gasteiger partial charge >= 0.3 is 6.36 Å². The number of rotatable bonds is 3. The first-order chi connectivity index (χ1) is 8.42. The molecule has 1 aromatic heterocycles. The van der Waals surface area contributed by atoms with Crippen LogP contribution in [-0.2, 0) is 6.54 Å². The van der Waals surface area contributed by atoms with Gasteiger partial charge in [0.2, 0.25) is 0 Å². The van der Waals surface area contributed by atoms with Gasteiger partial charge in [-0.15, -0.1) is 13.2 Å². The Morgan fingerprint density at radius 2 is 1.89 bits per heavy atom. The average Bonchev–Trinajstić information content (AvgIpc) is 2.65. The molecular weight excluding hydrogens is 247 g/mol. The lowest BCUT2D eigenvalue weighted by molar-refractivity contribution is -0.274. The Balaban J connectivity index is 2.04. The molecule has 2 aromatic rings. The number of hydrogen-bond donors (Lipinski definition) is 0. The van der Waals surface area contributed by atoms with Crippen molar-refractivity contribution in [2.75, 3.05) is 0 Å². The van der Waals surface area contributed by atoms with Crippen molar-refractivity contribution < 1.29 is 17.9 Å². The fraction of sp³-hybridized carbons (Fsp3) is 0.273. The fourth-order valence-electron chi connectivity index (χ4n) is 1.45. The lowest BCUT2D eigenvalue weighted by Crippen LogP contribution is -2.17. The molecule has 0 bridgehead atoms. The summed E-state index contributed by atoms with van der Waals surface area (Å²) in [6.07, 6.45) is -3.10. The Morgan fingerprint density at radius 1 is 1.22 bits per heavy atom. The van der Waals surface area contributed by atoms with E-state index in [1.165, 1.54) is 12.1 Å². The average molecular weight is 257 g/mol. The van der Waals surface area contributed by atoms with E-state index < -0.39 is 6.36 Å². The first-order valence-electron chi connectivity index (χ1n) is 5.13. The van der Waals surface area contributed by atoms with Crippen molar-refractivity contribution in [2.45, 2.75) is 19.8 Å². The third-order valence-electron chi connectivity index (χ3n) is 2.15. The van der Waals surface area contributed by atoms with E-state index in [-0.39, 0.29) is 5.75 Å². The lowest BCUT2D eigenvalue weighted by atomic mass is 10.2. The predicted molar refractivity (Wildman–Crippen MR) is 57.0 cm³/mol. The quantitative estimate of drug-likeness (QED) is 0.848. The van der Waals surface area contributed by atoms with Crippen molar-refractivity contribution in [2.24, 2.45) is 0 Å². The van der Waals surface area contributed by atoms with E-state index in [2.05, 4.69) is 14.8 Å². The molecule has 0 amide bonds. The molecule has 18 heavy (non-hydrogen) atoms. The van der Waals surface area contributed by atoms with Gasteiger partial charge in [-0.25, -0.2) is 9.67 Å². The SMILES string of the molecule is Cc1ncn(Cc2ccc(OC(F)(F)F)cc2)n1. The number of hydrogen-bond acceptors (Lipinski definition) is 3. The fourth-order valence-corrected chi connectivity index (χ4v) is 1.45. The van der Waals surface area contributed by atoms with Crippen LogP contribution >= 0.6 is 0 Å². The minimum atomic E-state index is -4.66. The van der Waals surface area contributed by atoms with E-state index in [1.54, 1.807) is 30.1 Å². The molecule has 0 aliphatic rings. The Kier molecular flexibility index (Phi) is 3.22. The van der Waals surface area contributed by atoms with Crippen molar-refractivity contribution in [1.82, 2.24) is 14.8 Å². The number of aromatic nitrogens is 3. The summed E-state index contributed by atoms with van der Waals surface area (Å²) < 4.78 is 41.2. The van der Waals surface area contributed by atoms with Crippen LogP contribution in [0, 0.1) is 6.92 Å². The summed E-state index contributed by atoms with van der Waals surface area (Å²) in [6, 6.07) is 5.65. The molecule has 0 radical (unpaired) electrons. The lowest BCUT2D eigenvalue weighted by Gasteiger charge is -2.09. The molecular formula is C11H10F3N3O. The van der Waals surface area contributed by atoms with Gasteiger partial charge in [0.05, 0.1) is 6.54 Å². The highest BCUT2D eigenvalue weighted by Crippen LogP contribution is 2.22. The summed E-state index contributed by atoms with van der Waals surface area (Å²) in [4.78, 5) is 3.96. The van der Waals surface area contributed by atoms with Crippen molar-refractivity contribution in [3.05, 3.63) is 42.0 Å². The molecule has 0 unspecified atom stereocenters. The molecule has 7 heteroatoms. The Morgan fingerprint density at radius 3 is 2.39 bits per heavy atom. The summed E-state index contributed by atoms with van der Waals surface area (Å²) in [5.41, 5.74) is 0.814. The van der Waals surface area contributed by atoms with Crippen LogP contribution < -0.4 is 4.74 Å². The molecule has 0 atom stereocenters. The van der Waals surface area contributed by atoms with Crippen LogP contribution in [0.4, 0.5) is 13.2 Å². The van der Waals surface area contributed by atoms with E-state index >= 15 is 0 Å². The smallest absolute Gasteiger partial charge is 0.406 e. The van der Waals surface area contributed by atoms with E-state index in [0.29, 0.717) is 12.4 Å². The first kappa shape index (κ1) is 12.4. The van der Waals surface area contributed by atoms with Gasteiger partial charge in [-0.05, 0) is 24.6 Å². The number of benzene rings is 1. The second kappa shape index (κ2) is 4.67. The number of halogens is 3. The molecule has 0 N–H and O–H groups in total. The van der Waals surface area contributed by atoms with Crippen LogP contribution in [0.25, 0.3) is 0 Å². The molecule has 4 nitrogen and oxygen atoms in total. The predicted octanol–water partition coefficient (Wildman–Crippen LogP) is 2.53. The summed E-state index contributed by atoms with van der Waals surface area (Å²) in [5, 5.41) is 4.08. The highest BCUT2D eigenvalue weighted by Gasteiger charge is 2.30. The third kappa shape index (κ3) is 3.47. The van der Waals surface area contributed by atoms with Crippen LogP contribution in [0.15, 0.2) is 30.6 Å². The second-order valence-electron chi connectivity index (χ2n) is 3.68. The highest BCUT2D eigenvalue weighted by atomic mass is 19.4. The van der Waals surface area contributed by atoms with E-state index in [4.69, 9.17) is 0 Å². The van der Waals surface area contributed by atoms with Gasteiger partial charge < -0.3 is 4.74 Å². The maximum Gasteiger partial charge on any atom is 0.573 e. The minimum Gasteiger partial charge on any atom is -0.406 e. The zero-order chi connectivity index (χ0) is 13.2. The number of ether oxygens (including phenoxy) is 1. The normalized spacial score (nSPS) is 11.6. The van der Waals surface area contributed by atoms with E-state index in [9.17, 15) is 13.2 Å². The van der Waals surface area contributed by atoms with Crippen molar-refractivity contribution in [1.29, 1.82) is 0 Å². The van der Waals surface area contributed by atoms with Gasteiger partial charge in [0, 0.05) is 0 Å². The summed E-state index contributed by atoms with van der Waals surface area (Å²) in [7, 11) is 0. The zero-order valence-corrected chi connectivity index (χ0v) is 9.48. The minimum absolute atomic E-state index is 0.235. The van der Waals surface area contributed by atoms with Gasteiger partial charge in [0.25, 0.3) is 0 Å². The van der Waals surface area contributed by atoms with E-state index in [0.717, 1.165) is 5.56 Å². The van der Waals surface area contributed by atoms with Crippen molar-refractivity contribution in [3.8, 4) is 5.75 Å². The Bertz CT molecular complexity index is 519. The number of nitrogens with zero attached hydrogens (tertiary/aromatic N) is 3. The maximum atomic E-state index is 11.9. The van der Waals surface area contributed by atoms with E-state index in [1.807, 2.05) is 0 Å². The van der Waals surface area contributed by atoms with Crippen molar-refractivity contribution in [3.63, 3.8) is 0 Å². The van der Waals surface area contributed by atoms with Crippen LogP contribution in [0.2, 0.25) is 0 Å². The molecule has 0 aliphatic heterocycles. The van der Waals surface area contributed by atoms with Crippen LogP contribution in [0.1, 0.15) is 11.4 Å². The Labute approximate surface area is 101 Å². The van der Waals surface area contributed by atoms with Gasteiger partial charge in [0.15, 0.2) is 0 Å². The highest BCUT2D eigenvalue weighted by molar-refractivity contribution is 5.27. The molecule has 96 valence electrons. The number of aryl methyl sites for hydroxylation is 1. The maximum absolute atomic E-state index is 11.9. The Hall–Kier alpha value is -2.05. The molecule has 1 heterocycles. The molecule has 0 saturated heterocycles. The van der Waals surface area contributed by atoms with Gasteiger partial charge in [-0.1, -0.05) is 12.1 Å². The zero-order valence-electron chi connectivity index (χ0n) is 9.48. The first-order valence-corrected chi connectivity index (χ1v) is 5.13. The largest absolute Gasteiger partial charge is 0.573 e.